The quantitative estimate of drug-likeness (QED) is 0.948. The monoisotopic (exact) mass is 309 g/mol. The molecule has 1 aromatic carbocycles. The Morgan fingerprint density at radius 2 is 2.17 bits per heavy atom. The summed E-state index contributed by atoms with van der Waals surface area (Å²) >= 11 is 3.49. The fourth-order valence-electron chi connectivity index (χ4n) is 2.12. The second-order valence-electron chi connectivity index (χ2n) is 4.09. The first kappa shape index (κ1) is 13.1. The highest BCUT2D eigenvalue weighted by Gasteiger charge is 2.16. The van der Waals surface area contributed by atoms with Gasteiger partial charge in [-0.15, -0.1) is 0 Å². The summed E-state index contributed by atoms with van der Waals surface area (Å²) in [7, 11) is 3.59. The number of aromatic nitrogens is 2. The number of ether oxygens (including phenoxy) is 1. The van der Waals surface area contributed by atoms with E-state index in [1.807, 2.05) is 36.9 Å². The zero-order valence-electron chi connectivity index (χ0n) is 10.7. The highest BCUT2D eigenvalue weighted by Crippen LogP contribution is 2.35. The molecular formula is C13H16BrN3O. The summed E-state index contributed by atoms with van der Waals surface area (Å²) in [4.78, 5) is 0. The molecule has 1 aromatic heterocycles. The number of methoxy groups -OCH3 is 1. The molecular weight excluding hydrogens is 294 g/mol. The van der Waals surface area contributed by atoms with E-state index < -0.39 is 0 Å². The molecule has 0 aliphatic heterocycles. The fourth-order valence-corrected chi connectivity index (χ4v) is 2.48. The minimum Gasteiger partial charge on any atom is -0.496 e. The first-order valence-electron chi connectivity index (χ1n) is 5.65. The minimum atomic E-state index is 0.440. The zero-order valence-corrected chi connectivity index (χ0v) is 12.3. The van der Waals surface area contributed by atoms with Crippen LogP contribution in [0.2, 0.25) is 0 Å². The summed E-state index contributed by atoms with van der Waals surface area (Å²) in [5.41, 5.74) is 9.75. The third-order valence-corrected chi connectivity index (χ3v) is 3.49. The van der Waals surface area contributed by atoms with Crippen LogP contribution in [0.3, 0.4) is 0 Å². The van der Waals surface area contributed by atoms with Gasteiger partial charge in [0, 0.05) is 23.6 Å². The molecule has 0 fully saturated rings. The maximum atomic E-state index is 5.70. The van der Waals surface area contributed by atoms with Gasteiger partial charge in [-0.3, -0.25) is 4.68 Å². The van der Waals surface area contributed by atoms with Crippen molar-refractivity contribution >= 4 is 15.9 Å². The van der Waals surface area contributed by atoms with Gasteiger partial charge in [-0.2, -0.15) is 5.10 Å². The molecule has 0 amide bonds. The van der Waals surface area contributed by atoms with E-state index in [0.717, 1.165) is 32.7 Å². The number of hydrogen-bond donors (Lipinski definition) is 1. The van der Waals surface area contributed by atoms with Gasteiger partial charge in [-0.25, -0.2) is 0 Å². The predicted octanol–water partition coefficient (Wildman–Crippen LogP) is 2.63. The van der Waals surface area contributed by atoms with Crippen molar-refractivity contribution in [2.24, 2.45) is 12.8 Å². The van der Waals surface area contributed by atoms with E-state index in [0.29, 0.717) is 6.54 Å². The van der Waals surface area contributed by atoms with Gasteiger partial charge in [-0.1, -0.05) is 15.9 Å². The molecule has 2 rings (SSSR count). The lowest BCUT2D eigenvalue weighted by atomic mass is 10.1. The SMILES string of the molecule is COc1ccc(Br)cc1-c1c(C)c(CN)nn1C. The van der Waals surface area contributed by atoms with Crippen LogP contribution in [-0.2, 0) is 13.6 Å². The summed E-state index contributed by atoms with van der Waals surface area (Å²) in [5.74, 6) is 0.827. The molecule has 18 heavy (non-hydrogen) atoms. The van der Waals surface area contributed by atoms with E-state index in [4.69, 9.17) is 10.5 Å². The largest absolute Gasteiger partial charge is 0.496 e. The molecule has 2 N–H and O–H groups in total. The number of benzene rings is 1. The summed E-state index contributed by atoms with van der Waals surface area (Å²) in [5, 5.41) is 4.43. The maximum absolute atomic E-state index is 5.70. The summed E-state index contributed by atoms with van der Waals surface area (Å²) in [6.07, 6.45) is 0. The molecule has 0 bridgehead atoms. The van der Waals surface area contributed by atoms with Crippen LogP contribution in [-0.4, -0.2) is 16.9 Å². The van der Waals surface area contributed by atoms with Crippen molar-refractivity contribution in [1.29, 1.82) is 0 Å². The van der Waals surface area contributed by atoms with Crippen molar-refractivity contribution in [2.45, 2.75) is 13.5 Å². The average Bonchev–Trinajstić information content (AvgIpc) is 2.64. The van der Waals surface area contributed by atoms with E-state index in [9.17, 15) is 0 Å². The number of aryl methyl sites for hydroxylation is 1. The van der Waals surface area contributed by atoms with Crippen molar-refractivity contribution in [3.63, 3.8) is 0 Å². The molecule has 4 nitrogen and oxygen atoms in total. The fraction of sp³-hybridized carbons (Fsp3) is 0.308. The Hall–Kier alpha value is -1.33. The summed E-state index contributed by atoms with van der Waals surface area (Å²) in [6.45, 7) is 2.47. The number of nitrogens with two attached hydrogens (primary N) is 1. The highest BCUT2D eigenvalue weighted by atomic mass is 79.9. The molecule has 0 aliphatic carbocycles. The molecule has 0 aliphatic rings. The van der Waals surface area contributed by atoms with Gasteiger partial charge in [0.1, 0.15) is 5.75 Å². The lowest BCUT2D eigenvalue weighted by Gasteiger charge is -2.10. The van der Waals surface area contributed by atoms with E-state index >= 15 is 0 Å². The van der Waals surface area contributed by atoms with Crippen LogP contribution in [0.15, 0.2) is 22.7 Å². The van der Waals surface area contributed by atoms with Gasteiger partial charge in [0.2, 0.25) is 0 Å². The summed E-state index contributed by atoms with van der Waals surface area (Å²) in [6, 6.07) is 5.93. The van der Waals surface area contributed by atoms with E-state index in [1.54, 1.807) is 7.11 Å². The molecule has 5 heteroatoms. The Kier molecular flexibility index (Phi) is 3.73. The van der Waals surface area contributed by atoms with Crippen LogP contribution < -0.4 is 10.5 Å². The van der Waals surface area contributed by atoms with Gasteiger partial charge in [0.05, 0.1) is 18.5 Å². The van der Waals surface area contributed by atoms with Crippen LogP contribution in [0.25, 0.3) is 11.3 Å². The van der Waals surface area contributed by atoms with E-state index in [-0.39, 0.29) is 0 Å². The van der Waals surface area contributed by atoms with Crippen LogP contribution in [0.4, 0.5) is 0 Å². The van der Waals surface area contributed by atoms with Crippen LogP contribution in [0.5, 0.6) is 5.75 Å². The standard InChI is InChI=1S/C13H16BrN3O/c1-8-11(7-15)16-17(2)13(8)10-6-9(14)4-5-12(10)18-3/h4-6H,7,15H2,1-3H3. The number of halogens is 1. The Morgan fingerprint density at radius 1 is 1.44 bits per heavy atom. The summed E-state index contributed by atoms with van der Waals surface area (Å²) < 4.78 is 8.27. The van der Waals surface area contributed by atoms with Crippen LogP contribution in [0, 0.1) is 6.92 Å². The Morgan fingerprint density at radius 3 is 2.72 bits per heavy atom. The Labute approximate surface area is 115 Å². The zero-order chi connectivity index (χ0) is 13.3. The second kappa shape index (κ2) is 5.12. The first-order valence-corrected chi connectivity index (χ1v) is 6.44. The van der Waals surface area contributed by atoms with Gasteiger partial charge in [0.25, 0.3) is 0 Å². The van der Waals surface area contributed by atoms with Gasteiger partial charge < -0.3 is 10.5 Å². The Bertz CT molecular complexity index is 578. The van der Waals surface area contributed by atoms with Gasteiger partial charge in [-0.05, 0) is 30.7 Å². The van der Waals surface area contributed by atoms with Crippen molar-refractivity contribution in [1.82, 2.24) is 9.78 Å². The normalized spacial score (nSPS) is 10.7. The molecule has 0 spiro atoms. The lowest BCUT2D eigenvalue weighted by Crippen LogP contribution is -1.99. The van der Waals surface area contributed by atoms with Crippen LogP contribution in [0.1, 0.15) is 11.3 Å². The molecule has 2 aromatic rings. The molecule has 96 valence electrons. The highest BCUT2D eigenvalue weighted by molar-refractivity contribution is 9.10. The van der Waals surface area contributed by atoms with E-state index in [2.05, 4.69) is 21.0 Å². The number of rotatable bonds is 3. The predicted molar refractivity (Wildman–Crippen MR) is 75.5 cm³/mol. The van der Waals surface area contributed by atoms with E-state index in [1.165, 1.54) is 0 Å². The molecule has 0 unspecified atom stereocenters. The van der Waals surface area contributed by atoms with Crippen LogP contribution >= 0.6 is 15.9 Å². The lowest BCUT2D eigenvalue weighted by molar-refractivity contribution is 0.416. The molecule has 0 saturated carbocycles. The third-order valence-electron chi connectivity index (χ3n) is 2.99. The smallest absolute Gasteiger partial charge is 0.128 e. The topological polar surface area (TPSA) is 53.1 Å². The van der Waals surface area contributed by atoms with Crippen molar-refractivity contribution in [3.05, 3.63) is 33.9 Å². The van der Waals surface area contributed by atoms with Gasteiger partial charge >= 0.3 is 0 Å². The molecule has 1 heterocycles. The minimum absolute atomic E-state index is 0.440. The first-order chi connectivity index (χ1) is 8.58. The number of nitrogens with zero attached hydrogens (tertiary/aromatic N) is 2. The maximum Gasteiger partial charge on any atom is 0.128 e. The van der Waals surface area contributed by atoms with Crippen molar-refractivity contribution in [3.8, 4) is 17.0 Å². The molecule has 0 atom stereocenters. The average molecular weight is 310 g/mol. The van der Waals surface area contributed by atoms with Gasteiger partial charge in [0.15, 0.2) is 0 Å². The number of hydrogen-bond acceptors (Lipinski definition) is 3. The second-order valence-corrected chi connectivity index (χ2v) is 5.01. The third kappa shape index (κ3) is 2.15. The Balaban J connectivity index is 2.68. The van der Waals surface area contributed by atoms with Crippen molar-refractivity contribution < 1.29 is 4.74 Å². The molecule has 0 saturated heterocycles. The van der Waals surface area contributed by atoms with Crippen molar-refractivity contribution in [2.75, 3.05) is 7.11 Å². The molecule has 0 radical (unpaired) electrons.